The number of rotatable bonds is 5. The van der Waals surface area contributed by atoms with Crippen LogP contribution in [0.25, 0.3) is 0 Å². The summed E-state index contributed by atoms with van der Waals surface area (Å²) in [5.74, 6) is 0.493. The second-order valence-electron chi connectivity index (χ2n) is 5.79. The zero-order valence-electron chi connectivity index (χ0n) is 14.1. The van der Waals surface area contributed by atoms with E-state index in [4.69, 9.17) is 4.74 Å². The Kier molecular flexibility index (Phi) is 6.61. The minimum atomic E-state index is -0.932. The lowest BCUT2D eigenvalue weighted by Crippen LogP contribution is -2.46. The standard InChI is InChI=1S/C18H21N3O3.ClH/c1-24-15-6-4-14(5-7-15)13-20-9-11-21(12-10-20)17-16(18(22)23)3-2-8-19-17;/h2-8H,9-13H2,1H3,(H,22,23);1H. The third-order valence-electron chi connectivity index (χ3n) is 4.25. The monoisotopic (exact) mass is 363 g/mol. The van der Waals surface area contributed by atoms with Gasteiger partial charge >= 0.3 is 5.97 Å². The Morgan fingerprint density at radius 2 is 1.84 bits per heavy atom. The Labute approximate surface area is 153 Å². The van der Waals surface area contributed by atoms with Gasteiger partial charge in [0.25, 0.3) is 0 Å². The first kappa shape index (κ1) is 19.0. The Morgan fingerprint density at radius 1 is 1.16 bits per heavy atom. The molecule has 1 aliphatic rings. The van der Waals surface area contributed by atoms with E-state index in [0.717, 1.165) is 38.5 Å². The molecule has 134 valence electrons. The van der Waals surface area contributed by atoms with E-state index in [2.05, 4.69) is 22.0 Å². The van der Waals surface area contributed by atoms with Crippen molar-refractivity contribution in [2.24, 2.45) is 0 Å². The van der Waals surface area contributed by atoms with Gasteiger partial charge in [0.2, 0.25) is 0 Å². The van der Waals surface area contributed by atoms with Gasteiger partial charge in [0.05, 0.1) is 7.11 Å². The largest absolute Gasteiger partial charge is 0.497 e. The summed E-state index contributed by atoms with van der Waals surface area (Å²) in [5, 5.41) is 9.30. The highest BCUT2D eigenvalue weighted by atomic mass is 35.5. The van der Waals surface area contributed by atoms with E-state index in [9.17, 15) is 9.90 Å². The maximum atomic E-state index is 11.3. The first-order valence-corrected chi connectivity index (χ1v) is 7.96. The molecule has 2 heterocycles. The van der Waals surface area contributed by atoms with E-state index in [-0.39, 0.29) is 18.0 Å². The molecular formula is C18H22ClN3O3. The summed E-state index contributed by atoms with van der Waals surface area (Å²) >= 11 is 0. The summed E-state index contributed by atoms with van der Waals surface area (Å²) in [6.07, 6.45) is 1.64. The van der Waals surface area contributed by atoms with Gasteiger partial charge in [-0.25, -0.2) is 9.78 Å². The second-order valence-corrected chi connectivity index (χ2v) is 5.79. The second kappa shape index (κ2) is 8.69. The fourth-order valence-corrected chi connectivity index (χ4v) is 2.92. The van der Waals surface area contributed by atoms with Crippen LogP contribution in [0, 0.1) is 0 Å². The average molecular weight is 364 g/mol. The number of hydrogen-bond acceptors (Lipinski definition) is 5. The van der Waals surface area contributed by atoms with Crippen LogP contribution in [0.2, 0.25) is 0 Å². The molecule has 0 bridgehead atoms. The highest BCUT2D eigenvalue weighted by Crippen LogP contribution is 2.20. The number of ether oxygens (including phenoxy) is 1. The number of carbonyl (C=O) groups is 1. The van der Waals surface area contributed by atoms with Crippen LogP contribution in [-0.4, -0.2) is 54.2 Å². The zero-order chi connectivity index (χ0) is 16.9. The van der Waals surface area contributed by atoms with Gasteiger partial charge in [0.15, 0.2) is 0 Å². The lowest BCUT2D eigenvalue weighted by molar-refractivity contribution is 0.0697. The third kappa shape index (κ3) is 4.61. The van der Waals surface area contributed by atoms with E-state index in [1.165, 1.54) is 5.56 Å². The summed E-state index contributed by atoms with van der Waals surface area (Å²) < 4.78 is 5.18. The van der Waals surface area contributed by atoms with Crippen LogP contribution in [0.3, 0.4) is 0 Å². The van der Waals surface area contributed by atoms with E-state index < -0.39 is 5.97 Å². The molecule has 0 atom stereocenters. The van der Waals surface area contributed by atoms with Crippen molar-refractivity contribution >= 4 is 24.2 Å². The molecule has 1 fully saturated rings. The molecule has 1 aromatic heterocycles. The van der Waals surface area contributed by atoms with E-state index in [1.807, 2.05) is 17.0 Å². The molecule has 6 nitrogen and oxygen atoms in total. The number of halogens is 1. The topological polar surface area (TPSA) is 65.9 Å². The number of nitrogens with zero attached hydrogens (tertiary/aromatic N) is 3. The van der Waals surface area contributed by atoms with E-state index in [1.54, 1.807) is 25.4 Å². The molecule has 1 aliphatic heterocycles. The van der Waals surface area contributed by atoms with Crippen LogP contribution in [0.5, 0.6) is 5.75 Å². The fraction of sp³-hybridized carbons (Fsp3) is 0.333. The number of piperazine rings is 1. The van der Waals surface area contributed by atoms with E-state index >= 15 is 0 Å². The van der Waals surface area contributed by atoms with Crippen molar-refractivity contribution in [2.75, 3.05) is 38.2 Å². The van der Waals surface area contributed by atoms with Gasteiger partial charge in [-0.15, -0.1) is 12.4 Å². The predicted octanol–water partition coefficient (Wildman–Crippen LogP) is 2.53. The number of carboxylic acid groups (broad SMARTS) is 1. The number of anilines is 1. The highest BCUT2D eigenvalue weighted by Gasteiger charge is 2.22. The van der Waals surface area contributed by atoms with Crippen molar-refractivity contribution < 1.29 is 14.6 Å². The number of hydrogen-bond donors (Lipinski definition) is 1. The summed E-state index contributed by atoms with van der Waals surface area (Å²) in [7, 11) is 1.66. The van der Waals surface area contributed by atoms with Crippen molar-refractivity contribution in [1.29, 1.82) is 0 Å². The molecule has 0 amide bonds. The first-order chi connectivity index (χ1) is 11.7. The SMILES string of the molecule is COc1ccc(CN2CCN(c3ncccc3C(=O)O)CC2)cc1.Cl. The fourth-order valence-electron chi connectivity index (χ4n) is 2.92. The number of methoxy groups -OCH3 is 1. The van der Waals surface area contributed by atoms with Crippen LogP contribution >= 0.6 is 12.4 Å². The molecule has 1 saturated heterocycles. The summed E-state index contributed by atoms with van der Waals surface area (Å²) in [4.78, 5) is 20.0. The van der Waals surface area contributed by atoms with E-state index in [0.29, 0.717) is 5.82 Å². The van der Waals surface area contributed by atoms with Crippen molar-refractivity contribution in [3.8, 4) is 5.75 Å². The number of aromatic carboxylic acids is 1. The summed E-state index contributed by atoms with van der Waals surface area (Å²) in [6.45, 7) is 4.18. The van der Waals surface area contributed by atoms with Gasteiger partial charge < -0.3 is 14.7 Å². The van der Waals surface area contributed by atoms with Gasteiger partial charge in [-0.05, 0) is 29.8 Å². The Bertz CT molecular complexity index is 701. The molecule has 0 aliphatic carbocycles. The number of benzene rings is 1. The highest BCUT2D eigenvalue weighted by molar-refractivity contribution is 5.93. The smallest absolute Gasteiger partial charge is 0.339 e. The lowest BCUT2D eigenvalue weighted by atomic mass is 10.1. The lowest BCUT2D eigenvalue weighted by Gasteiger charge is -2.35. The first-order valence-electron chi connectivity index (χ1n) is 7.96. The van der Waals surface area contributed by atoms with Crippen LogP contribution in [0.1, 0.15) is 15.9 Å². The van der Waals surface area contributed by atoms with Gasteiger partial charge in [0, 0.05) is 38.9 Å². The molecule has 7 heteroatoms. The molecule has 0 unspecified atom stereocenters. The average Bonchev–Trinajstić information content (AvgIpc) is 2.63. The molecule has 2 aromatic rings. The molecule has 0 saturated carbocycles. The zero-order valence-corrected chi connectivity index (χ0v) is 14.9. The minimum absolute atomic E-state index is 0. The van der Waals surface area contributed by atoms with Crippen LogP contribution < -0.4 is 9.64 Å². The minimum Gasteiger partial charge on any atom is -0.497 e. The van der Waals surface area contributed by atoms with Gasteiger partial charge in [-0.3, -0.25) is 4.90 Å². The van der Waals surface area contributed by atoms with Crippen molar-refractivity contribution in [2.45, 2.75) is 6.54 Å². The number of aromatic nitrogens is 1. The van der Waals surface area contributed by atoms with Crippen molar-refractivity contribution in [3.05, 3.63) is 53.7 Å². The Balaban J connectivity index is 0.00000225. The normalized spacial score (nSPS) is 14.7. The van der Waals surface area contributed by atoms with Crippen molar-refractivity contribution in [1.82, 2.24) is 9.88 Å². The van der Waals surface area contributed by atoms with Crippen LogP contribution in [-0.2, 0) is 6.54 Å². The summed E-state index contributed by atoms with van der Waals surface area (Å²) in [5.41, 5.74) is 1.51. The number of carboxylic acids is 1. The quantitative estimate of drug-likeness (QED) is 0.880. The number of pyridine rings is 1. The molecule has 25 heavy (non-hydrogen) atoms. The van der Waals surface area contributed by atoms with Gasteiger partial charge in [0.1, 0.15) is 17.1 Å². The Morgan fingerprint density at radius 3 is 2.44 bits per heavy atom. The third-order valence-corrected chi connectivity index (χ3v) is 4.25. The molecule has 1 N–H and O–H groups in total. The van der Waals surface area contributed by atoms with Crippen molar-refractivity contribution in [3.63, 3.8) is 0 Å². The molecule has 1 aromatic carbocycles. The molecule has 0 radical (unpaired) electrons. The maximum Gasteiger partial charge on any atom is 0.339 e. The van der Waals surface area contributed by atoms with Gasteiger partial charge in [-0.2, -0.15) is 0 Å². The molecule has 0 spiro atoms. The molecule has 3 rings (SSSR count). The van der Waals surface area contributed by atoms with Gasteiger partial charge in [-0.1, -0.05) is 12.1 Å². The van der Waals surface area contributed by atoms with Crippen LogP contribution in [0.15, 0.2) is 42.6 Å². The predicted molar refractivity (Wildman–Crippen MR) is 98.9 cm³/mol. The summed E-state index contributed by atoms with van der Waals surface area (Å²) in [6, 6.07) is 11.4. The Hall–Kier alpha value is -2.31. The molecular weight excluding hydrogens is 342 g/mol. The maximum absolute atomic E-state index is 11.3. The van der Waals surface area contributed by atoms with Crippen LogP contribution in [0.4, 0.5) is 5.82 Å².